The van der Waals surface area contributed by atoms with Crippen LogP contribution in [0.5, 0.6) is 0 Å². The van der Waals surface area contributed by atoms with E-state index < -0.39 is 23.9 Å². The molecule has 0 unspecified atom stereocenters. The van der Waals surface area contributed by atoms with Crippen molar-refractivity contribution in [1.82, 2.24) is 14.9 Å². The fraction of sp³-hybridized carbons (Fsp3) is 0.296. The largest absolute Gasteiger partial charge is 0.490 e. The zero-order valence-electron chi connectivity index (χ0n) is 21.2. The van der Waals surface area contributed by atoms with Crippen molar-refractivity contribution < 1.29 is 41.0 Å². The number of halogens is 6. The number of hydrogen-bond acceptors (Lipinski definition) is 5. The number of aromatic nitrogens is 2. The number of carbonyl (C=O) groups is 2. The summed E-state index contributed by atoms with van der Waals surface area (Å²) < 4.78 is 70.7. The number of benzene rings is 2. The zero-order chi connectivity index (χ0) is 29.9. The van der Waals surface area contributed by atoms with Gasteiger partial charge in [-0.2, -0.15) is 26.3 Å². The number of nitrogens with zero attached hydrogens (tertiary/aromatic N) is 2. The Morgan fingerprint density at radius 2 is 1.59 bits per heavy atom. The second-order valence-electron chi connectivity index (χ2n) is 9.43. The molecule has 0 radical (unpaired) electrons. The van der Waals surface area contributed by atoms with Crippen LogP contribution < -0.4 is 5.73 Å². The van der Waals surface area contributed by atoms with E-state index in [1.807, 2.05) is 12.1 Å². The first-order chi connectivity index (χ1) is 19.2. The summed E-state index contributed by atoms with van der Waals surface area (Å²) in [6.45, 7) is 2.57. The van der Waals surface area contributed by atoms with E-state index in [9.17, 15) is 31.1 Å². The maximum Gasteiger partial charge on any atom is 0.490 e. The predicted molar refractivity (Wildman–Crippen MR) is 141 cm³/mol. The Morgan fingerprint density at radius 3 is 2.15 bits per heavy atom. The van der Waals surface area contributed by atoms with Crippen molar-refractivity contribution in [3.63, 3.8) is 0 Å². The molecular formula is C27H24F6N4O3S. The van der Waals surface area contributed by atoms with E-state index in [-0.39, 0.29) is 11.8 Å². The number of imidazole rings is 1. The SMILES string of the molecule is NC(=O)C1CCN(Cc2ccc(-c3ccc(-c4nc5ccc(C(F)(F)F)cc5[nH]4)s3)cc2)CC1.O=C(O)C(F)(F)F. The number of fused-ring (bicyclic) bond motifs is 1. The summed E-state index contributed by atoms with van der Waals surface area (Å²) in [6.07, 6.45) is -7.85. The molecule has 4 N–H and O–H groups in total. The number of likely N-dealkylation sites (tertiary alicyclic amines) is 1. The first-order valence-corrected chi connectivity index (χ1v) is 13.1. The van der Waals surface area contributed by atoms with Crippen LogP contribution in [0.3, 0.4) is 0 Å². The molecule has 7 nitrogen and oxygen atoms in total. The quantitative estimate of drug-likeness (QED) is 0.233. The fourth-order valence-electron chi connectivity index (χ4n) is 4.33. The normalized spacial score (nSPS) is 15.0. The molecule has 0 atom stereocenters. The zero-order valence-corrected chi connectivity index (χ0v) is 22.0. The average molecular weight is 599 g/mol. The number of piperidine rings is 1. The smallest absolute Gasteiger partial charge is 0.475 e. The molecule has 0 bridgehead atoms. The Hall–Kier alpha value is -3.91. The van der Waals surface area contributed by atoms with E-state index in [0.29, 0.717) is 16.9 Å². The van der Waals surface area contributed by atoms with Gasteiger partial charge in [0.2, 0.25) is 5.91 Å². The molecule has 4 aromatic rings. The maximum absolute atomic E-state index is 13.0. The van der Waals surface area contributed by atoms with Gasteiger partial charge in [-0.15, -0.1) is 11.3 Å². The van der Waals surface area contributed by atoms with Crippen LogP contribution in [0.4, 0.5) is 26.3 Å². The number of nitrogens with one attached hydrogen (secondary N) is 1. The Balaban J connectivity index is 0.000000493. The van der Waals surface area contributed by atoms with Crippen LogP contribution in [-0.4, -0.2) is 51.1 Å². The highest BCUT2D eigenvalue weighted by Gasteiger charge is 2.38. The maximum atomic E-state index is 13.0. The van der Waals surface area contributed by atoms with Crippen LogP contribution in [0.1, 0.15) is 24.0 Å². The van der Waals surface area contributed by atoms with E-state index in [2.05, 4.69) is 39.1 Å². The third-order valence-corrected chi connectivity index (χ3v) is 7.67. The van der Waals surface area contributed by atoms with E-state index in [4.69, 9.17) is 15.6 Å². The third-order valence-electron chi connectivity index (χ3n) is 6.53. The fourth-order valence-corrected chi connectivity index (χ4v) is 5.29. The number of carbonyl (C=O) groups excluding carboxylic acids is 1. The summed E-state index contributed by atoms with van der Waals surface area (Å²) >= 11 is 1.54. The van der Waals surface area contributed by atoms with Gasteiger partial charge in [0, 0.05) is 17.3 Å². The van der Waals surface area contributed by atoms with Crippen LogP contribution >= 0.6 is 11.3 Å². The molecule has 41 heavy (non-hydrogen) atoms. The number of carboxylic acids is 1. The molecule has 0 saturated carbocycles. The first-order valence-electron chi connectivity index (χ1n) is 12.3. The number of nitrogens with two attached hydrogens (primary N) is 1. The highest BCUT2D eigenvalue weighted by atomic mass is 32.1. The van der Waals surface area contributed by atoms with Crippen molar-refractivity contribution in [2.24, 2.45) is 11.7 Å². The highest BCUT2D eigenvalue weighted by Crippen LogP contribution is 2.36. The molecule has 218 valence electrons. The molecule has 1 aliphatic heterocycles. The number of hydrogen-bond donors (Lipinski definition) is 3. The van der Waals surface area contributed by atoms with Crippen molar-refractivity contribution in [3.05, 3.63) is 65.7 Å². The number of alkyl halides is 6. The minimum atomic E-state index is -5.08. The average Bonchev–Trinajstić information content (AvgIpc) is 3.56. The Morgan fingerprint density at radius 1 is 0.976 bits per heavy atom. The van der Waals surface area contributed by atoms with Gasteiger partial charge in [0.15, 0.2) is 0 Å². The van der Waals surface area contributed by atoms with Crippen molar-refractivity contribution >= 4 is 34.2 Å². The number of aliphatic carboxylic acids is 1. The summed E-state index contributed by atoms with van der Waals surface area (Å²) in [5.41, 5.74) is 7.86. The minimum absolute atomic E-state index is 0.00917. The van der Waals surface area contributed by atoms with Crippen LogP contribution in [0, 0.1) is 5.92 Å². The number of primary amides is 1. The van der Waals surface area contributed by atoms with Crippen molar-refractivity contribution in [2.75, 3.05) is 13.1 Å². The summed E-state index contributed by atoms with van der Waals surface area (Å²) in [7, 11) is 0. The van der Waals surface area contributed by atoms with Gasteiger partial charge >= 0.3 is 18.3 Å². The lowest BCUT2D eigenvalue weighted by Crippen LogP contribution is -2.38. The molecule has 5 rings (SSSR count). The molecule has 0 spiro atoms. The van der Waals surface area contributed by atoms with Gasteiger partial charge in [0.1, 0.15) is 5.82 Å². The Labute approximate surface area is 233 Å². The number of thiophene rings is 1. The molecule has 0 aliphatic carbocycles. The molecule has 14 heteroatoms. The monoisotopic (exact) mass is 598 g/mol. The second-order valence-corrected chi connectivity index (χ2v) is 10.5. The molecule has 1 amide bonds. The highest BCUT2D eigenvalue weighted by molar-refractivity contribution is 7.18. The number of carboxylic acid groups (broad SMARTS) is 1. The van der Waals surface area contributed by atoms with Gasteiger partial charge in [-0.25, -0.2) is 9.78 Å². The standard InChI is InChI=1S/C25H23F3N4OS.C2HF3O2/c26-25(27,28)18-5-6-19-20(13-18)31-24(30-19)22-8-7-21(34-22)16-3-1-15(2-4-16)14-32-11-9-17(10-12-32)23(29)33;3-2(4,5)1(6)7/h1-8,13,17H,9-12,14H2,(H2,29,33)(H,30,31);(H,6,7). The van der Waals surface area contributed by atoms with Gasteiger partial charge < -0.3 is 15.8 Å². The van der Waals surface area contributed by atoms with E-state index >= 15 is 0 Å². The number of rotatable bonds is 5. The number of amides is 1. The molecule has 1 fully saturated rings. The summed E-state index contributed by atoms with van der Waals surface area (Å²) in [5.74, 6) is -2.41. The minimum Gasteiger partial charge on any atom is -0.475 e. The summed E-state index contributed by atoms with van der Waals surface area (Å²) in [6, 6.07) is 15.8. The van der Waals surface area contributed by atoms with Gasteiger partial charge in [-0.05, 0) is 67.4 Å². The topological polar surface area (TPSA) is 112 Å². The van der Waals surface area contributed by atoms with Crippen LogP contribution in [0.2, 0.25) is 0 Å². The third kappa shape index (κ3) is 7.64. The summed E-state index contributed by atoms with van der Waals surface area (Å²) in [5, 5.41) is 7.12. The number of H-pyrrole nitrogens is 1. The second kappa shape index (κ2) is 11.9. The lowest BCUT2D eigenvalue weighted by Gasteiger charge is -2.30. The lowest BCUT2D eigenvalue weighted by atomic mass is 9.96. The van der Waals surface area contributed by atoms with Crippen molar-refractivity contribution in [3.8, 4) is 21.1 Å². The van der Waals surface area contributed by atoms with Gasteiger partial charge in [-0.3, -0.25) is 9.69 Å². The summed E-state index contributed by atoms with van der Waals surface area (Å²) in [4.78, 5) is 32.0. The number of aromatic amines is 1. The predicted octanol–water partition coefficient (Wildman–Crippen LogP) is 6.31. The van der Waals surface area contributed by atoms with Gasteiger partial charge in [0.25, 0.3) is 0 Å². The van der Waals surface area contributed by atoms with E-state index in [1.165, 1.54) is 23.0 Å². The van der Waals surface area contributed by atoms with Crippen molar-refractivity contribution in [2.45, 2.75) is 31.7 Å². The molecule has 3 heterocycles. The Kier molecular flexibility index (Phi) is 8.73. The molecule has 2 aromatic carbocycles. The molecular weight excluding hydrogens is 574 g/mol. The van der Waals surface area contributed by atoms with E-state index in [0.717, 1.165) is 59.9 Å². The van der Waals surface area contributed by atoms with E-state index in [1.54, 1.807) is 0 Å². The molecule has 1 aliphatic rings. The molecule has 1 saturated heterocycles. The van der Waals surface area contributed by atoms with Gasteiger partial charge in [0.05, 0.1) is 21.5 Å². The Bertz CT molecular complexity index is 1520. The van der Waals surface area contributed by atoms with Gasteiger partial charge in [-0.1, -0.05) is 24.3 Å². The van der Waals surface area contributed by atoms with Crippen molar-refractivity contribution in [1.29, 1.82) is 0 Å². The van der Waals surface area contributed by atoms with Crippen LogP contribution in [-0.2, 0) is 22.3 Å². The molecule has 2 aromatic heterocycles. The lowest BCUT2D eigenvalue weighted by molar-refractivity contribution is -0.192. The van der Waals surface area contributed by atoms with Crippen LogP contribution in [0.15, 0.2) is 54.6 Å². The first kappa shape index (κ1) is 30.1. The van der Waals surface area contributed by atoms with Crippen LogP contribution in [0.25, 0.3) is 32.2 Å².